The Balaban J connectivity index is 1.85. The van der Waals surface area contributed by atoms with Gasteiger partial charge in [-0.3, -0.25) is 4.79 Å². The van der Waals surface area contributed by atoms with Crippen LogP contribution in [0.2, 0.25) is 0 Å². The Morgan fingerprint density at radius 2 is 2.10 bits per heavy atom. The fraction of sp³-hybridized carbons (Fsp3) is 0.333. The molecule has 0 saturated carbocycles. The first-order valence-electron chi connectivity index (χ1n) is 6.27. The number of benzene rings is 1. The van der Waals surface area contributed by atoms with Crippen LogP contribution in [0.15, 0.2) is 29.4 Å². The molecule has 1 aromatic heterocycles. The molecule has 9 heteroatoms. The molecule has 0 aliphatic carbocycles. The smallest absolute Gasteiger partial charge is 0.304 e. The minimum absolute atomic E-state index is 0.0487. The van der Waals surface area contributed by atoms with E-state index in [4.69, 9.17) is 5.11 Å². The van der Waals surface area contributed by atoms with Gasteiger partial charge in [-0.25, -0.2) is 0 Å². The molecule has 1 aromatic carbocycles. The van der Waals surface area contributed by atoms with E-state index >= 15 is 0 Å². The first kappa shape index (κ1) is 13.8. The first-order chi connectivity index (χ1) is 10.1. The number of aromatic nitrogens is 4. The van der Waals surface area contributed by atoms with Crippen LogP contribution in [0.1, 0.15) is 6.42 Å². The predicted octanol–water partition coefficient (Wildman–Crippen LogP) is 0.277. The van der Waals surface area contributed by atoms with Gasteiger partial charge >= 0.3 is 5.97 Å². The molecule has 0 spiro atoms. The fourth-order valence-corrected chi connectivity index (χ4v) is 3.34. The third kappa shape index (κ3) is 2.83. The summed E-state index contributed by atoms with van der Waals surface area (Å²) >= 11 is 1.36. The van der Waals surface area contributed by atoms with Crippen LogP contribution in [0.5, 0.6) is 5.75 Å². The molecule has 1 fully saturated rings. The lowest BCUT2D eigenvalue weighted by Gasteiger charge is -2.40. The van der Waals surface area contributed by atoms with Crippen molar-refractivity contribution in [1.82, 2.24) is 25.5 Å². The molecule has 2 aromatic rings. The van der Waals surface area contributed by atoms with Crippen LogP contribution < -0.4 is 5.32 Å². The number of carboxylic acid groups (broad SMARTS) is 1. The number of thioether (sulfide) groups is 1. The van der Waals surface area contributed by atoms with Gasteiger partial charge in [-0.2, -0.15) is 4.68 Å². The minimum Gasteiger partial charge on any atom is -0.508 e. The van der Waals surface area contributed by atoms with Gasteiger partial charge in [0, 0.05) is 13.1 Å². The van der Waals surface area contributed by atoms with Gasteiger partial charge in [0.05, 0.1) is 16.9 Å². The van der Waals surface area contributed by atoms with Crippen molar-refractivity contribution in [1.29, 1.82) is 0 Å². The number of phenolic OH excluding ortho intramolecular Hbond substituents is 1. The van der Waals surface area contributed by atoms with E-state index in [1.165, 1.54) is 16.4 Å². The predicted molar refractivity (Wildman–Crippen MR) is 74.5 cm³/mol. The highest BCUT2D eigenvalue weighted by Gasteiger charge is 2.41. The Labute approximate surface area is 124 Å². The summed E-state index contributed by atoms with van der Waals surface area (Å²) in [5, 5.41) is 33.5. The summed E-state index contributed by atoms with van der Waals surface area (Å²) in [6.45, 7) is 1.21. The Morgan fingerprint density at radius 1 is 1.38 bits per heavy atom. The van der Waals surface area contributed by atoms with Crippen LogP contribution in [0.25, 0.3) is 5.69 Å². The molecule has 0 atom stereocenters. The van der Waals surface area contributed by atoms with Crippen molar-refractivity contribution in [2.75, 3.05) is 13.1 Å². The Bertz CT molecular complexity index is 653. The highest BCUT2D eigenvalue weighted by atomic mass is 32.2. The molecule has 3 rings (SSSR count). The van der Waals surface area contributed by atoms with Crippen LogP contribution in [-0.2, 0) is 4.79 Å². The molecule has 21 heavy (non-hydrogen) atoms. The minimum atomic E-state index is -0.840. The lowest BCUT2D eigenvalue weighted by Crippen LogP contribution is -2.58. The Hall–Kier alpha value is -2.13. The number of nitrogens with zero attached hydrogens (tertiary/aromatic N) is 4. The van der Waals surface area contributed by atoms with Gasteiger partial charge in [-0.1, -0.05) is 11.8 Å². The molecular weight excluding hydrogens is 294 g/mol. The molecule has 3 N–H and O–H groups in total. The average Bonchev–Trinajstić information content (AvgIpc) is 2.84. The van der Waals surface area contributed by atoms with Crippen LogP contribution in [0.3, 0.4) is 0 Å². The van der Waals surface area contributed by atoms with Crippen LogP contribution in [0, 0.1) is 0 Å². The van der Waals surface area contributed by atoms with Gasteiger partial charge in [0.15, 0.2) is 0 Å². The number of tetrazole rings is 1. The van der Waals surface area contributed by atoms with Crippen LogP contribution in [-0.4, -0.2) is 54.2 Å². The molecule has 1 aliphatic rings. The number of rotatable bonds is 5. The quantitative estimate of drug-likeness (QED) is 0.722. The van der Waals surface area contributed by atoms with E-state index in [1.807, 2.05) is 0 Å². The normalized spacial score (nSPS) is 16.4. The van der Waals surface area contributed by atoms with E-state index in [2.05, 4.69) is 20.8 Å². The Morgan fingerprint density at radius 3 is 2.67 bits per heavy atom. The molecule has 0 unspecified atom stereocenters. The molecule has 0 bridgehead atoms. The Kier molecular flexibility index (Phi) is 3.52. The topological polar surface area (TPSA) is 113 Å². The molecule has 1 aliphatic heterocycles. The van der Waals surface area contributed by atoms with Crippen molar-refractivity contribution < 1.29 is 15.0 Å². The number of aromatic hydroxyl groups is 1. The number of hydrogen-bond donors (Lipinski definition) is 3. The summed E-state index contributed by atoms with van der Waals surface area (Å²) in [5.74, 6) is -0.681. The largest absolute Gasteiger partial charge is 0.508 e. The van der Waals surface area contributed by atoms with Crippen molar-refractivity contribution in [3.8, 4) is 11.4 Å². The lowest BCUT2D eigenvalue weighted by atomic mass is 9.98. The third-order valence-electron chi connectivity index (χ3n) is 3.21. The van der Waals surface area contributed by atoms with Crippen molar-refractivity contribution in [3.63, 3.8) is 0 Å². The summed E-state index contributed by atoms with van der Waals surface area (Å²) < 4.78 is 1.11. The van der Waals surface area contributed by atoms with E-state index in [-0.39, 0.29) is 12.2 Å². The van der Waals surface area contributed by atoms with E-state index in [0.29, 0.717) is 23.9 Å². The van der Waals surface area contributed by atoms with E-state index in [0.717, 1.165) is 0 Å². The molecule has 0 amide bonds. The first-order valence-corrected chi connectivity index (χ1v) is 7.09. The molecule has 8 nitrogen and oxygen atoms in total. The summed E-state index contributed by atoms with van der Waals surface area (Å²) in [4.78, 5) is 11.0. The second-order valence-corrected chi connectivity index (χ2v) is 6.28. The summed E-state index contributed by atoms with van der Waals surface area (Å²) in [7, 11) is 0. The number of phenols is 1. The maximum absolute atomic E-state index is 11.0. The number of carbonyl (C=O) groups is 1. The van der Waals surface area contributed by atoms with Gasteiger partial charge in [-0.05, 0) is 34.7 Å². The monoisotopic (exact) mass is 307 g/mol. The summed E-state index contributed by atoms with van der Waals surface area (Å²) in [5.41, 5.74) is 0.707. The molecular formula is C12H13N5O3S. The zero-order chi connectivity index (χ0) is 14.9. The lowest BCUT2D eigenvalue weighted by molar-refractivity contribution is -0.138. The fourth-order valence-electron chi connectivity index (χ4n) is 2.10. The van der Waals surface area contributed by atoms with E-state index < -0.39 is 10.7 Å². The zero-order valence-electron chi connectivity index (χ0n) is 10.9. The highest BCUT2D eigenvalue weighted by Crippen LogP contribution is 2.38. The van der Waals surface area contributed by atoms with Gasteiger partial charge in [-0.15, -0.1) is 5.10 Å². The van der Waals surface area contributed by atoms with Crippen molar-refractivity contribution in [3.05, 3.63) is 24.3 Å². The van der Waals surface area contributed by atoms with Crippen molar-refractivity contribution in [2.45, 2.75) is 16.3 Å². The number of aliphatic carboxylic acids is 1. The van der Waals surface area contributed by atoms with Gasteiger partial charge in [0.25, 0.3) is 0 Å². The van der Waals surface area contributed by atoms with Crippen molar-refractivity contribution in [2.24, 2.45) is 0 Å². The van der Waals surface area contributed by atoms with Crippen LogP contribution in [0.4, 0.5) is 0 Å². The van der Waals surface area contributed by atoms with Gasteiger partial charge in [0.1, 0.15) is 5.75 Å². The standard InChI is InChI=1S/C12H13N5O3S/c18-9-3-1-8(2-4-9)17-11(14-15-16-17)21-12(5-10(19)20)6-13-7-12/h1-4,13,18H,5-7H2,(H,19,20). The summed E-state index contributed by atoms with van der Waals surface area (Å²) in [6.07, 6.45) is 0.0487. The molecule has 2 heterocycles. The van der Waals surface area contributed by atoms with E-state index in [9.17, 15) is 9.90 Å². The molecule has 1 saturated heterocycles. The highest BCUT2D eigenvalue weighted by molar-refractivity contribution is 8.00. The van der Waals surface area contributed by atoms with E-state index in [1.54, 1.807) is 24.3 Å². The maximum Gasteiger partial charge on any atom is 0.304 e. The van der Waals surface area contributed by atoms with Gasteiger partial charge in [0.2, 0.25) is 5.16 Å². The molecule has 0 radical (unpaired) electrons. The summed E-state index contributed by atoms with van der Waals surface area (Å²) in [6, 6.07) is 6.48. The zero-order valence-corrected chi connectivity index (χ0v) is 11.7. The SMILES string of the molecule is O=C(O)CC1(Sc2nnnn2-c2ccc(O)cc2)CNC1. The number of hydrogen-bond acceptors (Lipinski definition) is 7. The second kappa shape index (κ2) is 5.34. The van der Waals surface area contributed by atoms with Gasteiger partial charge < -0.3 is 15.5 Å². The number of nitrogens with one attached hydrogen (secondary N) is 1. The van der Waals surface area contributed by atoms with Crippen molar-refractivity contribution >= 4 is 17.7 Å². The maximum atomic E-state index is 11.0. The third-order valence-corrected chi connectivity index (χ3v) is 4.51. The van der Waals surface area contributed by atoms with Crippen LogP contribution >= 0.6 is 11.8 Å². The average molecular weight is 307 g/mol. The molecule has 110 valence electrons. The second-order valence-electron chi connectivity index (χ2n) is 4.85. The number of carboxylic acids is 1.